The van der Waals surface area contributed by atoms with Crippen LogP contribution >= 0.6 is 0 Å². The largest absolute Gasteiger partial charge is 0.478 e. The molecule has 0 aliphatic heterocycles. The van der Waals surface area contributed by atoms with E-state index in [4.69, 9.17) is 5.11 Å². The van der Waals surface area contributed by atoms with Gasteiger partial charge in [0.05, 0.1) is 5.56 Å². The molecule has 0 bridgehead atoms. The first-order chi connectivity index (χ1) is 8.16. The van der Waals surface area contributed by atoms with Crippen molar-refractivity contribution in [3.8, 4) is 0 Å². The fraction of sp³-hybridized carbons (Fsp3) is 0.500. The highest BCUT2D eigenvalue weighted by Gasteiger charge is 2.14. The van der Waals surface area contributed by atoms with Crippen LogP contribution in [0.25, 0.3) is 0 Å². The number of carboxylic acids is 1. The summed E-state index contributed by atoms with van der Waals surface area (Å²) in [5.41, 5.74) is 2.44. The summed E-state index contributed by atoms with van der Waals surface area (Å²) in [4.78, 5) is 10.8. The second-order valence-corrected chi connectivity index (χ2v) is 4.81. The van der Waals surface area contributed by atoms with Gasteiger partial charge in [-0.25, -0.2) is 4.79 Å². The van der Waals surface area contributed by atoms with Crippen molar-refractivity contribution in [2.75, 3.05) is 5.32 Å². The molecule has 3 nitrogen and oxygen atoms in total. The van der Waals surface area contributed by atoms with Gasteiger partial charge in [0.15, 0.2) is 0 Å². The topological polar surface area (TPSA) is 49.3 Å². The van der Waals surface area contributed by atoms with Gasteiger partial charge in [-0.1, -0.05) is 19.3 Å². The molecule has 1 aliphatic rings. The van der Waals surface area contributed by atoms with Gasteiger partial charge in [-0.15, -0.1) is 0 Å². The minimum absolute atomic E-state index is 0.358. The molecule has 92 valence electrons. The fourth-order valence-electron chi connectivity index (χ4n) is 2.43. The second kappa shape index (κ2) is 5.21. The number of aromatic carboxylic acids is 1. The zero-order valence-electron chi connectivity index (χ0n) is 10.2. The molecule has 0 aromatic heterocycles. The Balaban J connectivity index is 2.08. The smallest absolute Gasteiger partial charge is 0.335 e. The third-order valence-corrected chi connectivity index (χ3v) is 3.44. The van der Waals surface area contributed by atoms with Gasteiger partial charge in [0, 0.05) is 11.7 Å². The predicted molar refractivity (Wildman–Crippen MR) is 68.6 cm³/mol. The molecule has 0 unspecified atom stereocenters. The quantitative estimate of drug-likeness (QED) is 0.840. The minimum Gasteiger partial charge on any atom is -0.478 e. The normalized spacial score (nSPS) is 16.8. The van der Waals surface area contributed by atoms with Crippen molar-refractivity contribution in [3.63, 3.8) is 0 Å². The lowest BCUT2D eigenvalue weighted by Crippen LogP contribution is -2.22. The first kappa shape index (κ1) is 12.0. The maximum Gasteiger partial charge on any atom is 0.335 e. The van der Waals surface area contributed by atoms with E-state index in [1.54, 1.807) is 12.1 Å². The van der Waals surface area contributed by atoms with Crippen LogP contribution < -0.4 is 5.32 Å². The maximum atomic E-state index is 10.8. The van der Waals surface area contributed by atoms with E-state index in [9.17, 15) is 4.79 Å². The first-order valence-electron chi connectivity index (χ1n) is 6.27. The van der Waals surface area contributed by atoms with E-state index in [-0.39, 0.29) is 0 Å². The van der Waals surface area contributed by atoms with Crippen molar-refractivity contribution >= 4 is 11.7 Å². The van der Waals surface area contributed by atoms with E-state index in [1.165, 1.54) is 32.1 Å². The van der Waals surface area contributed by atoms with E-state index in [0.29, 0.717) is 11.6 Å². The molecule has 1 fully saturated rings. The number of carbonyl (C=O) groups is 1. The number of rotatable bonds is 3. The molecule has 1 aromatic carbocycles. The molecule has 3 heteroatoms. The van der Waals surface area contributed by atoms with E-state index < -0.39 is 5.97 Å². The summed E-state index contributed by atoms with van der Waals surface area (Å²) in [6, 6.07) is 5.83. The van der Waals surface area contributed by atoms with Crippen LogP contribution in [0.3, 0.4) is 0 Å². The summed E-state index contributed by atoms with van der Waals surface area (Å²) >= 11 is 0. The fourth-order valence-corrected chi connectivity index (χ4v) is 2.43. The van der Waals surface area contributed by atoms with Crippen LogP contribution in [0.1, 0.15) is 48.0 Å². The molecule has 0 radical (unpaired) electrons. The van der Waals surface area contributed by atoms with Crippen LogP contribution in [0.5, 0.6) is 0 Å². The number of benzene rings is 1. The van der Waals surface area contributed by atoms with Crippen LogP contribution in [0.15, 0.2) is 18.2 Å². The SMILES string of the molecule is Cc1cc(C(=O)O)ccc1NC1CCCCC1. The molecule has 0 saturated heterocycles. The zero-order chi connectivity index (χ0) is 12.3. The number of hydrogen-bond acceptors (Lipinski definition) is 2. The van der Waals surface area contributed by atoms with Gasteiger partial charge in [-0.05, 0) is 43.5 Å². The van der Waals surface area contributed by atoms with Crippen LogP contribution in [-0.4, -0.2) is 17.1 Å². The lowest BCUT2D eigenvalue weighted by atomic mass is 9.95. The van der Waals surface area contributed by atoms with Crippen molar-refractivity contribution in [3.05, 3.63) is 29.3 Å². The Hall–Kier alpha value is -1.51. The average molecular weight is 233 g/mol. The Morgan fingerprint density at radius 3 is 2.59 bits per heavy atom. The second-order valence-electron chi connectivity index (χ2n) is 4.81. The monoisotopic (exact) mass is 233 g/mol. The molecule has 1 aromatic rings. The zero-order valence-corrected chi connectivity index (χ0v) is 10.2. The van der Waals surface area contributed by atoms with Crippen molar-refractivity contribution in [1.82, 2.24) is 0 Å². The van der Waals surface area contributed by atoms with Gasteiger partial charge in [0.2, 0.25) is 0 Å². The summed E-state index contributed by atoms with van der Waals surface area (Å²) < 4.78 is 0. The molecule has 0 atom stereocenters. The van der Waals surface area contributed by atoms with Gasteiger partial charge < -0.3 is 10.4 Å². The van der Waals surface area contributed by atoms with Crippen molar-refractivity contribution < 1.29 is 9.90 Å². The van der Waals surface area contributed by atoms with Crippen molar-refractivity contribution in [2.24, 2.45) is 0 Å². The van der Waals surface area contributed by atoms with Gasteiger partial charge in [-0.3, -0.25) is 0 Å². The molecular weight excluding hydrogens is 214 g/mol. The van der Waals surface area contributed by atoms with E-state index in [2.05, 4.69) is 5.32 Å². The molecule has 1 saturated carbocycles. The standard InChI is InChI=1S/C14H19NO2/c1-10-9-11(14(16)17)7-8-13(10)15-12-5-3-2-4-6-12/h7-9,12,15H,2-6H2,1H3,(H,16,17). The van der Waals surface area contributed by atoms with Gasteiger partial charge >= 0.3 is 5.97 Å². The molecule has 1 aliphatic carbocycles. The highest BCUT2D eigenvalue weighted by Crippen LogP contribution is 2.24. The average Bonchev–Trinajstić information content (AvgIpc) is 2.33. The van der Waals surface area contributed by atoms with Gasteiger partial charge in [0.1, 0.15) is 0 Å². The van der Waals surface area contributed by atoms with Gasteiger partial charge in [0.25, 0.3) is 0 Å². The Kier molecular flexibility index (Phi) is 3.67. The van der Waals surface area contributed by atoms with Crippen LogP contribution in [-0.2, 0) is 0 Å². The third kappa shape index (κ3) is 2.99. The highest BCUT2D eigenvalue weighted by atomic mass is 16.4. The third-order valence-electron chi connectivity index (χ3n) is 3.44. The van der Waals surface area contributed by atoms with E-state index >= 15 is 0 Å². The molecule has 2 rings (SSSR count). The first-order valence-corrected chi connectivity index (χ1v) is 6.27. The molecule has 2 N–H and O–H groups in total. The number of carboxylic acid groups (broad SMARTS) is 1. The lowest BCUT2D eigenvalue weighted by molar-refractivity contribution is 0.0697. The molecule has 0 heterocycles. The summed E-state index contributed by atoms with van der Waals surface area (Å²) in [5.74, 6) is -0.864. The molecular formula is C14H19NO2. The summed E-state index contributed by atoms with van der Waals surface area (Å²) in [5, 5.41) is 12.4. The van der Waals surface area contributed by atoms with Crippen molar-refractivity contribution in [2.45, 2.75) is 45.1 Å². The van der Waals surface area contributed by atoms with Crippen molar-refractivity contribution in [1.29, 1.82) is 0 Å². The van der Waals surface area contributed by atoms with E-state index in [0.717, 1.165) is 11.3 Å². The maximum absolute atomic E-state index is 10.8. The Labute approximate surface area is 102 Å². The number of nitrogens with one attached hydrogen (secondary N) is 1. The summed E-state index contributed by atoms with van der Waals surface area (Å²) in [6.45, 7) is 1.96. The van der Waals surface area contributed by atoms with E-state index in [1.807, 2.05) is 13.0 Å². The van der Waals surface area contributed by atoms with Crippen LogP contribution in [0, 0.1) is 6.92 Å². The Morgan fingerprint density at radius 2 is 2.00 bits per heavy atom. The molecule has 17 heavy (non-hydrogen) atoms. The molecule has 0 amide bonds. The van der Waals surface area contributed by atoms with Gasteiger partial charge in [-0.2, -0.15) is 0 Å². The lowest BCUT2D eigenvalue weighted by Gasteiger charge is -2.24. The number of aryl methyl sites for hydroxylation is 1. The Bertz CT molecular complexity index is 409. The predicted octanol–water partition coefficient (Wildman–Crippen LogP) is 3.44. The molecule has 0 spiro atoms. The van der Waals surface area contributed by atoms with Crippen LogP contribution in [0.4, 0.5) is 5.69 Å². The number of hydrogen-bond donors (Lipinski definition) is 2. The summed E-state index contributed by atoms with van der Waals surface area (Å²) in [7, 11) is 0. The van der Waals surface area contributed by atoms with Crippen LogP contribution in [0.2, 0.25) is 0 Å². The number of anilines is 1. The highest BCUT2D eigenvalue weighted by molar-refractivity contribution is 5.88. The minimum atomic E-state index is -0.864. The Morgan fingerprint density at radius 1 is 1.29 bits per heavy atom. The summed E-state index contributed by atoms with van der Waals surface area (Å²) in [6.07, 6.45) is 6.38.